The predicted molar refractivity (Wildman–Crippen MR) is 57.0 cm³/mol. The second kappa shape index (κ2) is 5.52. The van der Waals surface area contributed by atoms with E-state index in [2.05, 4.69) is 48.3 Å². The maximum absolute atomic E-state index is 3.26. The monoisotopic (exact) mass is 219 g/mol. The third-order valence-electron chi connectivity index (χ3n) is 2.25. The number of aryl methyl sites for hydroxylation is 1. The van der Waals surface area contributed by atoms with E-state index in [0.29, 0.717) is 0 Å². The van der Waals surface area contributed by atoms with E-state index in [0.717, 1.165) is 6.42 Å². The molecule has 0 aliphatic heterocycles. The molecular formula is C13H14ClN. The lowest BCUT2D eigenvalue weighted by molar-refractivity contribution is -0.389. The summed E-state index contributed by atoms with van der Waals surface area (Å²) in [6, 6.07) is 14.8. The molecule has 1 heterocycles. The normalized spacial score (nSPS) is 9.40. The van der Waals surface area contributed by atoms with Gasteiger partial charge in [0.05, 0.1) is 6.42 Å². The molecule has 15 heavy (non-hydrogen) atoms. The number of hydrogen-bond acceptors (Lipinski definition) is 0. The number of hydrogen-bond donors (Lipinski definition) is 0. The van der Waals surface area contributed by atoms with Gasteiger partial charge in [-0.05, 0) is 18.1 Å². The molecular weight excluding hydrogens is 206 g/mol. The first kappa shape index (κ1) is 11.7. The number of benzene rings is 1. The van der Waals surface area contributed by atoms with Gasteiger partial charge in [-0.3, -0.25) is 0 Å². The molecule has 1 aromatic heterocycles. The van der Waals surface area contributed by atoms with Crippen LogP contribution in [0.25, 0.3) is 0 Å². The minimum absolute atomic E-state index is 0. The summed E-state index contributed by atoms with van der Waals surface area (Å²) in [6.45, 7) is 2.11. The molecule has 2 rings (SSSR count). The average molecular weight is 220 g/mol. The van der Waals surface area contributed by atoms with Gasteiger partial charge in [0, 0.05) is 12.1 Å². The molecule has 0 saturated carbocycles. The summed E-state index contributed by atoms with van der Waals surface area (Å²) in [7, 11) is 0. The molecule has 0 atom stereocenters. The first-order valence-electron chi connectivity index (χ1n) is 4.86. The summed E-state index contributed by atoms with van der Waals surface area (Å²) < 4.78 is 0. The van der Waals surface area contributed by atoms with Crippen molar-refractivity contribution < 1.29 is 17.4 Å². The molecule has 1 N–H and O–H groups in total. The molecule has 0 radical (unpaired) electrons. The number of aromatic nitrogens is 1. The van der Waals surface area contributed by atoms with Gasteiger partial charge in [-0.2, -0.15) is 0 Å². The Balaban J connectivity index is 0.00000112. The SMILES string of the molecule is Cc1cc[nH+]c(Cc2ccccc2)c1.[Cl-]. The van der Waals surface area contributed by atoms with Crippen LogP contribution >= 0.6 is 0 Å². The van der Waals surface area contributed by atoms with Gasteiger partial charge in [-0.25, -0.2) is 4.98 Å². The van der Waals surface area contributed by atoms with Crippen molar-refractivity contribution in [2.75, 3.05) is 0 Å². The van der Waals surface area contributed by atoms with E-state index in [4.69, 9.17) is 0 Å². The van der Waals surface area contributed by atoms with Crippen molar-refractivity contribution >= 4 is 0 Å². The molecule has 1 aromatic carbocycles. The fourth-order valence-electron chi connectivity index (χ4n) is 1.56. The third kappa shape index (κ3) is 3.37. The summed E-state index contributed by atoms with van der Waals surface area (Å²) in [6.07, 6.45) is 2.97. The number of rotatable bonds is 2. The summed E-state index contributed by atoms with van der Waals surface area (Å²) in [4.78, 5) is 3.26. The van der Waals surface area contributed by atoms with Crippen molar-refractivity contribution in [2.45, 2.75) is 13.3 Å². The Kier molecular flexibility index (Phi) is 4.32. The number of halogens is 1. The molecule has 0 saturated heterocycles. The molecule has 0 aliphatic carbocycles. The molecule has 0 bridgehead atoms. The van der Waals surface area contributed by atoms with Crippen molar-refractivity contribution in [3.63, 3.8) is 0 Å². The molecule has 2 aromatic rings. The first-order valence-corrected chi connectivity index (χ1v) is 4.86. The Labute approximate surface area is 96.6 Å². The van der Waals surface area contributed by atoms with E-state index in [-0.39, 0.29) is 12.4 Å². The summed E-state index contributed by atoms with van der Waals surface area (Å²) in [5, 5.41) is 0. The van der Waals surface area contributed by atoms with Crippen LogP contribution in [0.2, 0.25) is 0 Å². The van der Waals surface area contributed by atoms with Crippen LogP contribution in [0.15, 0.2) is 48.7 Å². The summed E-state index contributed by atoms with van der Waals surface area (Å²) in [5.41, 5.74) is 3.90. The lowest BCUT2D eigenvalue weighted by Crippen LogP contribution is -3.00. The molecule has 0 aliphatic rings. The van der Waals surface area contributed by atoms with Gasteiger partial charge in [-0.1, -0.05) is 30.3 Å². The minimum Gasteiger partial charge on any atom is -1.00 e. The lowest BCUT2D eigenvalue weighted by Gasteiger charge is -1.96. The lowest BCUT2D eigenvalue weighted by atomic mass is 10.1. The Morgan fingerprint density at radius 2 is 1.80 bits per heavy atom. The van der Waals surface area contributed by atoms with Crippen molar-refractivity contribution in [3.8, 4) is 0 Å². The van der Waals surface area contributed by atoms with Gasteiger partial charge in [0.1, 0.15) is 0 Å². The van der Waals surface area contributed by atoms with Gasteiger partial charge in [0.25, 0.3) is 0 Å². The number of aromatic amines is 1. The van der Waals surface area contributed by atoms with Crippen LogP contribution in [0, 0.1) is 6.92 Å². The zero-order chi connectivity index (χ0) is 9.80. The van der Waals surface area contributed by atoms with Crippen molar-refractivity contribution in [1.29, 1.82) is 0 Å². The zero-order valence-electron chi connectivity index (χ0n) is 8.70. The minimum atomic E-state index is 0. The van der Waals surface area contributed by atoms with Crippen molar-refractivity contribution in [3.05, 3.63) is 65.5 Å². The maximum atomic E-state index is 3.26. The fraction of sp³-hybridized carbons (Fsp3) is 0.154. The standard InChI is InChI=1S/C13H13N.ClH/c1-11-7-8-14-13(9-11)10-12-5-3-2-4-6-12;/h2-9H,10H2,1H3;1H. The molecule has 0 amide bonds. The van der Waals surface area contributed by atoms with Gasteiger partial charge in [-0.15, -0.1) is 0 Å². The predicted octanol–water partition coefficient (Wildman–Crippen LogP) is -0.596. The summed E-state index contributed by atoms with van der Waals surface area (Å²) >= 11 is 0. The van der Waals surface area contributed by atoms with Gasteiger partial charge >= 0.3 is 0 Å². The van der Waals surface area contributed by atoms with E-state index in [1.165, 1.54) is 16.8 Å². The molecule has 0 fully saturated rings. The number of pyridine rings is 1. The van der Waals surface area contributed by atoms with Crippen LogP contribution in [0.5, 0.6) is 0 Å². The Hall–Kier alpha value is -1.34. The van der Waals surface area contributed by atoms with Crippen molar-refractivity contribution in [1.82, 2.24) is 0 Å². The second-order valence-electron chi connectivity index (χ2n) is 3.55. The van der Waals surface area contributed by atoms with Gasteiger partial charge in [0.15, 0.2) is 11.9 Å². The van der Waals surface area contributed by atoms with Gasteiger partial charge < -0.3 is 12.4 Å². The third-order valence-corrected chi connectivity index (χ3v) is 2.25. The molecule has 0 spiro atoms. The zero-order valence-corrected chi connectivity index (χ0v) is 9.46. The average Bonchev–Trinajstić information content (AvgIpc) is 2.19. The summed E-state index contributed by atoms with van der Waals surface area (Å²) in [5.74, 6) is 0. The topological polar surface area (TPSA) is 14.1 Å². The Morgan fingerprint density at radius 3 is 2.47 bits per heavy atom. The molecule has 78 valence electrons. The van der Waals surface area contributed by atoms with Crippen LogP contribution < -0.4 is 17.4 Å². The Bertz CT molecular complexity index is 412. The quantitative estimate of drug-likeness (QED) is 0.641. The largest absolute Gasteiger partial charge is 1.00 e. The molecule has 2 heteroatoms. The van der Waals surface area contributed by atoms with E-state index in [9.17, 15) is 0 Å². The van der Waals surface area contributed by atoms with Crippen LogP contribution in [0.3, 0.4) is 0 Å². The van der Waals surface area contributed by atoms with Crippen LogP contribution in [0.4, 0.5) is 0 Å². The Morgan fingerprint density at radius 1 is 1.07 bits per heavy atom. The second-order valence-corrected chi connectivity index (χ2v) is 3.55. The molecule has 1 nitrogen and oxygen atoms in total. The van der Waals surface area contributed by atoms with E-state index in [1.807, 2.05) is 12.3 Å². The van der Waals surface area contributed by atoms with E-state index >= 15 is 0 Å². The highest BCUT2D eigenvalue weighted by Crippen LogP contribution is 2.05. The maximum Gasteiger partial charge on any atom is 0.184 e. The van der Waals surface area contributed by atoms with Gasteiger partial charge in [0.2, 0.25) is 0 Å². The first-order chi connectivity index (χ1) is 6.84. The van der Waals surface area contributed by atoms with Crippen LogP contribution in [-0.4, -0.2) is 0 Å². The highest BCUT2D eigenvalue weighted by atomic mass is 35.5. The van der Waals surface area contributed by atoms with E-state index < -0.39 is 0 Å². The fourth-order valence-corrected chi connectivity index (χ4v) is 1.56. The highest BCUT2D eigenvalue weighted by Gasteiger charge is 2.01. The van der Waals surface area contributed by atoms with Crippen molar-refractivity contribution in [2.24, 2.45) is 0 Å². The highest BCUT2D eigenvalue weighted by molar-refractivity contribution is 5.21. The van der Waals surface area contributed by atoms with E-state index in [1.54, 1.807) is 0 Å². The smallest absolute Gasteiger partial charge is 0.184 e. The molecule has 0 unspecified atom stereocenters. The number of nitrogens with one attached hydrogen (secondary N) is 1. The van der Waals surface area contributed by atoms with Crippen LogP contribution in [-0.2, 0) is 6.42 Å². The number of H-pyrrole nitrogens is 1. The van der Waals surface area contributed by atoms with Crippen LogP contribution in [0.1, 0.15) is 16.8 Å².